The lowest BCUT2D eigenvalue weighted by molar-refractivity contribution is -0.137. The summed E-state index contributed by atoms with van der Waals surface area (Å²) in [5.74, 6) is 1.08. The van der Waals surface area contributed by atoms with E-state index in [2.05, 4.69) is 16.0 Å². The smallest absolute Gasteiger partial charge is 0.226 e. The Balaban J connectivity index is 1.60. The van der Waals surface area contributed by atoms with E-state index in [-0.39, 0.29) is 29.4 Å². The highest BCUT2D eigenvalue weighted by Gasteiger charge is 2.33. The van der Waals surface area contributed by atoms with E-state index in [0.29, 0.717) is 18.5 Å². The lowest BCUT2D eigenvalue weighted by Gasteiger charge is -2.36. The van der Waals surface area contributed by atoms with Crippen LogP contribution in [0.2, 0.25) is 0 Å². The van der Waals surface area contributed by atoms with Gasteiger partial charge in [-0.1, -0.05) is 0 Å². The predicted octanol–water partition coefficient (Wildman–Crippen LogP) is 1.21. The number of rotatable bonds is 2. The van der Waals surface area contributed by atoms with E-state index in [0.717, 1.165) is 31.7 Å². The van der Waals surface area contributed by atoms with Crippen LogP contribution in [0.4, 0.5) is 5.82 Å². The third-order valence-electron chi connectivity index (χ3n) is 5.35. The maximum absolute atomic E-state index is 12.9. The summed E-state index contributed by atoms with van der Waals surface area (Å²) in [6.45, 7) is 3.71. The van der Waals surface area contributed by atoms with Crippen molar-refractivity contribution in [3.05, 3.63) is 23.9 Å². The number of nitrogens with zero attached hydrogens (tertiary/aromatic N) is 4. The molecule has 26 heavy (non-hydrogen) atoms. The molecule has 2 aliphatic heterocycles. The Hall–Kier alpha value is -2.14. The SMILES string of the molecule is CC1CCS(=O)(=O)CCN1C(=O)C1CCN(c2ccc(C#N)cn2)CC1. The Labute approximate surface area is 154 Å². The van der Waals surface area contributed by atoms with Gasteiger partial charge in [0.05, 0.1) is 17.1 Å². The van der Waals surface area contributed by atoms with Gasteiger partial charge in [-0.15, -0.1) is 0 Å². The fraction of sp³-hybridized carbons (Fsp3) is 0.611. The number of aromatic nitrogens is 1. The third kappa shape index (κ3) is 4.15. The molecule has 2 aliphatic rings. The van der Waals surface area contributed by atoms with E-state index < -0.39 is 9.84 Å². The monoisotopic (exact) mass is 376 g/mol. The summed E-state index contributed by atoms with van der Waals surface area (Å²) in [6.07, 6.45) is 3.54. The highest BCUT2D eigenvalue weighted by atomic mass is 32.2. The molecule has 1 aromatic rings. The molecular weight excluding hydrogens is 352 g/mol. The molecule has 140 valence electrons. The standard InChI is InChI=1S/C18H24N4O3S/c1-14-6-10-26(24,25)11-9-22(14)18(23)16-4-7-21(8-5-16)17-3-2-15(12-19)13-20-17/h2-3,13-14,16H,4-11H2,1H3. The second kappa shape index (κ2) is 7.62. The molecule has 0 aliphatic carbocycles. The molecule has 3 heterocycles. The number of anilines is 1. The molecule has 1 amide bonds. The Morgan fingerprint density at radius 1 is 1.19 bits per heavy atom. The average molecular weight is 376 g/mol. The van der Waals surface area contributed by atoms with E-state index in [1.165, 1.54) is 0 Å². The quantitative estimate of drug-likeness (QED) is 0.770. The zero-order chi connectivity index (χ0) is 18.7. The topological polar surface area (TPSA) is 94.4 Å². The van der Waals surface area contributed by atoms with Gasteiger partial charge in [0.1, 0.15) is 11.9 Å². The number of carbonyl (C=O) groups excluding carboxylic acids is 1. The number of hydrogen-bond donors (Lipinski definition) is 0. The largest absolute Gasteiger partial charge is 0.357 e. The molecule has 0 radical (unpaired) electrons. The van der Waals surface area contributed by atoms with Gasteiger partial charge in [-0.25, -0.2) is 13.4 Å². The van der Waals surface area contributed by atoms with E-state index in [4.69, 9.17) is 5.26 Å². The van der Waals surface area contributed by atoms with Gasteiger partial charge in [0.25, 0.3) is 0 Å². The number of piperidine rings is 1. The van der Waals surface area contributed by atoms with Gasteiger partial charge in [0.2, 0.25) is 5.91 Å². The van der Waals surface area contributed by atoms with Gasteiger partial charge in [-0.2, -0.15) is 5.26 Å². The maximum atomic E-state index is 12.9. The van der Waals surface area contributed by atoms with E-state index >= 15 is 0 Å². The summed E-state index contributed by atoms with van der Waals surface area (Å²) in [6, 6.07) is 5.61. The summed E-state index contributed by atoms with van der Waals surface area (Å²) in [5.41, 5.74) is 0.531. The Kier molecular flexibility index (Phi) is 5.47. The first-order chi connectivity index (χ1) is 12.4. The minimum absolute atomic E-state index is 0.0296. The van der Waals surface area contributed by atoms with Gasteiger partial charge < -0.3 is 9.80 Å². The van der Waals surface area contributed by atoms with Crippen molar-refractivity contribution < 1.29 is 13.2 Å². The van der Waals surface area contributed by atoms with Gasteiger partial charge in [0, 0.05) is 37.8 Å². The molecule has 3 rings (SSSR count). The molecule has 1 unspecified atom stereocenters. The molecule has 0 bridgehead atoms. The van der Waals surface area contributed by atoms with Crippen molar-refractivity contribution in [2.45, 2.75) is 32.2 Å². The normalized spacial score (nSPS) is 23.9. The molecule has 0 aromatic carbocycles. The number of nitriles is 1. The number of carbonyl (C=O) groups is 1. The minimum Gasteiger partial charge on any atom is -0.357 e. The molecule has 7 nitrogen and oxygen atoms in total. The molecule has 0 spiro atoms. The molecular formula is C18H24N4O3S. The molecule has 0 N–H and O–H groups in total. The van der Waals surface area contributed by atoms with E-state index in [1.807, 2.05) is 13.0 Å². The number of pyridine rings is 1. The van der Waals surface area contributed by atoms with Crippen molar-refractivity contribution in [2.24, 2.45) is 5.92 Å². The van der Waals surface area contributed by atoms with Gasteiger partial charge in [-0.05, 0) is 38.3 Å². The number of sulfone groups is 1. The molecule has 1 aromatic heterocycles. The Bertz CT molecular complexity index is 793. The average Bonchev–Trinajstić information content (AvgIpc) is 2.79. The van der Waals surface area contributed by atoms with Crippen LogP contribution >= 0.6 is 0 Å². The van der Waals surface area contributed by atoms with Crippen LogP contribution in [-0.4, -0.2) is 61.4 Å². The van der Waals surface area contributed by atoms with E-state index in [9.17, 15) is 13.2 Å². The van der Waals surface area contributed by atoms with Crippen LogP contribution in [0, 0.1) is 17.2 Å². The summed E-state index contributed by atoms with van der Waals surface area (Å²) in [5, 5.41) is 8.85. The van der Waals surface area contributed by atoms with Crippen LogP contribution in [-0.2, 0) is 14.6 Å². The number of amides is 1. The van der Waals surface area contributed by atoms with Crippen molar-refractivity contribution in [1.82, 2.24) is 9.88 Å². The Morgan fingerprint density at radius 2 is 1.92 bits per heavy atom. The summed E-state index contributed by atoms with van der Waals surface area (Å²) >= 11 is 0. The first-order valence-electron chi connectivity index (χ1n) is 9.01. The second-order valence-corrected chi connectivity index (χ2v) is 9.40. The second-order valence-electron chi connectivity index (χ2n) is 7.10. The highest BCUT2D eigenvalue weighted by molar-refractivity contribution is 7.91. The van der Waals surface area contributed by atoms with Crippen molar-refractivity contribution in [1.29, 1.82) is 5.26 Å². The Morgan fingerprint density at radius 3 is 2.54 bits per heavy atom. The fourth-order valence-electron chi connectivity index (χ4n) is 3.62. The number of hydrogen-bond acceptors (Lipinski definition) is 6. The third-order valence-corrected chi connectivity index (χ3v) is 7.01. The van der Waals surface area contributed by atoms with Crippen molar-refractivity contribution in [3.8, 4) is 6.07 Å². The zero-order valence-electron chi connectivity index (χ0n) is 15.0. The predicted molar refractivity (Wildman–Crippen MR) is 98.3 cm³/mol. The fourth-order valence-corrected chi connectivity index (χ4v) is 5.00. The van der Waals surface area contributed by atoms with E-state index in [1.54, 1.807) is 17.2 Å². The summed E-state index contributed by atoms with van der Waals surface area (Å²) < 4.78 is 23.7. The lowest BCUT2D eigenvalue weighted by Crippen LogP contribution is -2.46. The van der Waals surface area contributed by atoms with Gasteiger partial charge >= 0.3 is 0 Å². The van der Waals surface area contributed by atoms with Crippen LogP contribution in [0.1, 0.15) is 31.7 Å². The van der Waals surface area contributed by atoms with Gasteiger partial charge in [-0.3, -0.25) is 4.79 Å². The zero-order valence-corrected chi connectivity index (χ0v) is 15.8. The maximum Gasteiger partial charge on any atom is 0.226 e. The first kappa shape index (κ1) is 18.6. The van der Waals surface area contributed by atoms with Crippen LogP contribution in [0.3, 0.4) is 0 Å². The van der Waals surface area contributed by atoms with Gasteiger partial charge in [0.15, 0.2) is 9.84 Å². The molecule has 8 heteroatoms. The van der Waals surface area contributed by atoms with Crippen LogP contribution in [0.15, 0.2) is 18.3 Å². The summed E-state index contributed by atoms with van der Waals surface area (Å²) in [7, 11) is -3.03. The molecule has 1 atom stereocenters. The first-order valence-corrected chi connectivity index (χ1v) is 10.8. The molecule has 0 saturated carbocycles. The van der Waals surface area contributed by atoms with Crippen LogP contribution in [0.5, 0.6) is 0 Å². The summed E-state index contributed by atoms with van der Waals surface area (Å²) in [4.78, 5) is 21.1. The van der Waals surface area contributed by atoms with Crippen molar-refractivity contribution in [3.63, 3.8) is 0 Å². The molecule has 2 fully saturated rings. The van der Waals surface area contributed by atoms with Crippen molar-refractivity contribution in [2.75, 3.05) is 36.0 Å². The minimum atomic E-state index is -3.03. The molecule has 2 saturated heterocycles. The lowest BCUT2D eigenvalue weighted by atomic mass is 9.94. The van der Waals surface area contributed by atoms with Crippen molar-refractivity contribution >= 4 is 21.6 Å². The van der Waals surface area contributed by atoms with Crippen LogP contribution in [0.25, 0.3) is 0 Å². The highest BCUT2D eigenvalue weighted by Crippen LogP contribution is 2.25. The van der Waals surface area contributed by atoms with Crippen LogP contribution < -0.4 is 4.90 Å².